The maximum absolute atomic E-state index is 13.1. The Morgan fingerprint density at radius 1 is 1.18 bits per heavy atom. The van der Waals surface area contributed by atoms with Crippen LogP contribution in [-0.2, 0) is 9.59 Å². The average Bonchev–Trinajstić information content (AvgIpc) is 3.50. The molecule has 1 aliphatic rings. The zero-order valence-electron chi connectivity index (χ0n) is 15.5. The highest BCUT2D eigenvalue weighted by Gasteiger charge is 2.41. The van der Waals surface area contributed by atoms with Crippen molar-refractivity contribution >= 4 is 35.0 Å². The number of likely N-dealkylation sites (N-methyl/N-ethyl adjacent to an activating group) is 1. The number of benzene rings is 1. The number of halogens is 2. The minimum atomic E-state index is -0.816. The van der Waals surface area contributed by atoms with Crippen LogP contribution in [0.4, 0.5) is 0 Å². The Morgan fingerprint density at radius 2 is 1.86 bits per heavy atom. The Morgan fingerprint density at radius 3 is 2.43 bits per heavy atom. The highest BCUT2D eigenvalue weighted by atomic mass is 35.5. The lowest BCUT2D eigenvalue weighted by molar-refractivity contribution is -0.142. The predicted molar refractivity (Wildman–Crippen MR) is 109 cm³/mol. The normalized spacial score (nSPS) is 14.7. The molecule has 28 heavy (non-hydrogen) atoms. The third-order valence-electron chi connectivity index (χ3n) is 4.41. The SMILES string of the molecule is CN(C)C(=O)[C@H](c1cc(Cl)cc(-c2ncccn2)c1)N(C(=O)/C=C\Cl)C1CC1. The number of hydrogen-bond donors (Lipinski definition) is 0. The zero-order chi connectivity index (χ0) is 20.3. The summed E-state index contributed by atoms with van der Waals surface area (Å²) in [6.07, 6.45) is 6.22. The summed E-state index contributed by atoms with van der Waals surface area (Å²) in [5.74, 6) is -0.0344. The van der Waals surface area contributed by atoms with Gasteiger partial charge < -0.3 is 9.80 Å². The Balaban J connectivity index is 2.12. The van der Waals surface area contributed by atoms with Crippen molar-refractivity contribution in [3.8, 4) is 11.4 Å². The van der Waals surface area contributed by atoms with Gasteiger partial charge in [0.1, 0.15) is 6.04 Å². The van der Waals surface area contributed by atoms with Crippen molar-refractivity contribution in [1.29, 1.82) is 0 Å². The van der Waals surface area contributed by atoms with Gasteiger partial charge in [-0.05, 0) is 42.7 Å². The lowest BCUT2D eigenvalue weighted by Gasteiger charge is -2.32. The third kappa shape index (κ3) is 4.51. The van der Waals surface area contributed by atoms with E-state index in [0.717, 1.165) is 18.4 Å². The highest BCUT2D eigenvalue weighted by molar-refractivity contribution is 6.31. The zero-order valence-corrected chi connectivity index (χ0v) is 17.1. The summed E-state index contributed by atoms with van der Waals surface area (Å²) in [6.45, 7) is 0. The van der Waals surface area contributed by atoms with Gasteiger partial charge in [-0.1, -0.05) is 23.2 Å². The van der Waals surface area contributed by atoms with Gasteiger partial charge >= 0.3 is 0 Å². The first-order chi connectivity index (χ1) is 13.4. The summed E-state index contributed by atoms with van der Waals surface area (Å²) in [4.78, 5) is 37.4. The minimum Gasteiger partial charge on any atom is -0.347 e. The molecule has 1 aliphatic carbocycles. The Kier molecular flexibility index (Phi) is 6.31. The number of carbonyl (C=O) groups is 2. The fourth-order valence-electron chi connectivity index (χ4n) is 3.02. The van der Waals surface area contributed by atoms with E-state index in [9.17, 15) is 9.59 Å². The molecule has 1 atom stereocenters. The summed E-state index contributed by atoms with van der Waals surface area (Å²) in [5, 5.41) is 0.438. The first kappa shape index (κ1) is 20.3. The quantitative estimate of drug-likeness (QED) is 0.671. The standard InChI is InChI=1S/C20H20Cl2N4O2/c1-25(2)20(28)18(26(16-4-5-16)17(27)6-7-21)13-10-14(12-15(22)11-13)19-23-8-3-9-24-19/h3,6-12,16,18H,4-5H2,1-2H3/b7-6-/t18-/m0/s1. The summed E-state index contributed by atoms with van der Waals surface area (Å²) < 4.78 is 0. The molecule has 2 amide bonds. The van der Waals surface area contributed by atoms with E-state index in [4.69, 9.17) is 23.2 Å². The highest BCUT2D eigenvalue weighted by Crippen LogP contribution is 2.37. The van der Waals surface area contributed by atoms with Crippen molar-refractivity contribution in [3.63, 3.8) is 0 Å². The van der Waals surface area contributed by atoms with Crippen LogP contribution < -0.4 is 0 Å². The molecule has 6 nitrogen and oxygen atoms in total. The molecule has 1 fully saturated rings. The Labute approximate surface area is 173 Å². The number of amides is 2. The Hall–Kier alpha value is -2.44. The molecule has 0 radical (unpaired) electrons. The molecule has 0 unspecified atom stereocenters. The summed E-state index contributed by atoms with van der Waals surface area (Å²) in [6, 6.07) is 6.14. The number of hydrogen-bond acceptors (Lipinski definition) is 4. The average molecular weight is 419 g/mol. The van der Waals surface area contributed by atoms with Crippen LogP contribution in [0.25, 0.3) is 11.4 Å². The topological polar surface area (TPSA) is 66.4 Å². The summed E-state index contributed by atoms with van der Waals surface area (Å²) in [7, 11) is 3.32. The second-order valence-corrected chi connectivity index (χ2v) is 7.44. The summed E-state index contributed by atoms with van der Waals surface area (Å²) >= 11 is 12.0. The van der Waals surface area contributed by atoms with Crippen molar-refractivity contribution in [3.05, 3.63) is 58.9 Å². The van der Waals surface area contributed by atoms with Gasteiger partial charge in [-0.3, -0.25) is 9.59 Å². The van der Waals surface area contributed by atoms with Crippen LogP contribution in [0.2, 0.25) is 5.02 Å². The van der Waals surface area contributed by atoms with E-state index in [-0.39, 0.29) is 17.9 Å². The molecule has 3 rings (SSSR count). The number of rotatable bonds is 6. The molecular weight excluding hydrogens is 399 g/mol. The smallest absolute Gasteiger partial charge is 0.249 e. The number of carbonyl (C=O) groups excluding carboxylic acids is 2. The van der Waals surface area contributed by atoms with Gasteiger partial charge in [0, 0.05) is 54.7 Å². The van der Waals surface area contributed by atoms with Crippen LogP contribution >= 0.6 is 23.2 Å². The van der Waals surface area contributed by atoms with Crippen molar-refractivity contribution in [2.75, 3.05) is 14.1 Å². The van der Waals surface area contributed by atoms with E-state index in [2.05, 4.69) is 9.97 Å². The van der Waals surface area contributed by atoms with Gasteiger partial charge in [0.2, 0.25) is 11.8 Å². The molecule has 0 bridgehead atoms. The van der Waals surface area contributed by atoms with E-state index < -0.39 is 6.04 Å². The van der Waals surface area contributed by atoms with E-state index >= 15 is 0 Å². The van der Waals surface area contributed by atoms with Crippen LogP contribution in [0, 0.1) is 0 Å². The number of aromatic nitrogens is 2. The molecule has 1 aromatic heterocycles. The molecule has 0 saturated heterocycles. The lowest BCUT2D eigenvalue weighted by atomic mass is 10.00. The fraction of sp³-hybridized carbons (Fsp3) is 0.300. The largest absolute Gasteiger partial charge is 0.347 e. The first-order valence-corrected chi connectivity index (χ1v) is 9.62. The predicted octanol–water partition coefficient (Wildman–Crippen LogP) is 3.67. The molecule has 1 saturated carbocycles. The molecule has 0 N–H and O–H groups in total. The van der Waals surface area contributed by atoms with Gasteiger partial charge in [0.25, 0.3) is 0 Å². The van der Waals surface area contributed by atoms with E-state index in [1.54, 1.807) is 55.7 Å². The summed E-state index contributed by atoms with van der Waals surface area (Å²) in [5.41, 5.74) is 2.45. The molecule has 1 aromatic carbocycles. The van der Waals surface area contributed by atoms with Crippen molar-refractivity contribution in [1.82, 2.24) is 19.8 Å². The van der Waals surface area contributed by atoms with Crippen LogP contribution in [-0.4, -0.2) is 51.7 Å². The van der Waals surface area contributed by atoms with E-state index in [1.807, 2.05) is 0 Å². The maximum Gasteiger partial charge on any atom is 0.249 e. The van der Waals surface area contributed by atoms with E-state index in [1.165, 1.54) is 11.0 Å². The van der Waals surface area contributed by atoms with Gasteiger partial charge in [-0.2, -0.15) is 0 Å². The first-order valence-electron chi connectivity index (χ1n) is 8.80. The van der Waals surface area contributed by atoms with Crippen molar-refractivity contribution in [2.24, 2.45) is 0 Å². The monoisotopic (exact) mass is 418 g/mol. The molecule has 2 aromatic rings. The molecule has 8 heteroatoms. The molecule has 146 valence electrons. The van der Waals surface area contributed by atoms with Gasteiger partial charge in [-0.25, -0.2) is 9.97 Å². The fourth-order valence-corrected chi connectivity index (χ4v) is 3.38. The van der Waals surface area contributed by atoms with Crippen LogP contribution in [0.5, 0.6) is 0 Å². The lowest BCUT2D eigenvalue weighted by Crippen LogP contribution is -2.44. The maximum atomic E-state index is 13.1. The molecular formula is C20H20Cl2N4O2. The second-order valence-electron chi connectivity index (χ2n) is 6.75. The van der Waals surface area contributed by atoms with Crippen LogP contribution in [0.1, 0.15) is 24.4 Å². The van der Waals surface area contributed by atoms with E-state index in [0.29, 0.717) is 22.0 Å². The Bertz CT molecular complexity index is 898. The van der Waals surface area contributed by atoms with Crippen molar-refractivity contribution in [2.45, 2.75) is 24.9 Å². The number of nitrogens with zero attached hydrogens (tertiary/aromatic N) is 4. The molecule has 0 aliphatic heterocycles. The van der Waals surface area contributed by atoms with Gasteiger partial charge in [0.15, 0.2) is 5.82 Å². The van der Waals surface area contributed by atoms with Crippen molar-refractivity contribution < 1.29 is 9.59 Å². The van der Waals surface area contributed by atoms with Gasteiger partial charge in [-0.15, -0.1) is 0 Å². The second kappa shape index (κ2) is 8.71. The van der Waals surface area contributed by atoms with Crippen LogP contribution in [0.15, 0.2) is 48.3 Å². The molecule has 0 spiro atoms. The minimum absolute atomic E-state index is 0.00956. The molecule has 1 heterocycles. The van der Waals surface area contributed by atoms with Gasteiger partial charge in [0.05, 0.1) is 0 Å². The van der Waals surface area contributed by atoms with Crippen LogP contribution in [0.3, 0.4) is 0 Å². The third-order valence-corrected chi connectivity index (χ3v) is 4.76.